The number of hydrazine groups is 1. The number of amides is 1. The molecule has 6 nitrogen and oxygen atoms in total. The van der Waals surface area contributed by atoms with Crippen molar-refractivity contribution >= 4 is 40.3 Å². The molecule has 0 saturated heterocycles. The number of rotatable bonds is 3. The average Bonchev–Trinajstić information content (AvgIpc) is 3.12. The second-order valence-corrected chi connectivity index (χ2v) is 10.6. The number of nitrogens with one attached hydrogen (secondary N) is 1. The molecule has 2 aromatic carbocycles. The average molecular weight is 509 g/mol. The monoisotopic (exact) mass is 508 g/mol. The van der Waals surface area contributed by atoms with Crippen LogP contribution in [0.25, 0.3) is 16.8 Å². The predicted octanol–water partition coefficient (Wildman–Crippen LogP) is 6.46. The number of carbonyl (C=O) groups is 1. The highest BCUT2D eigenvalue weighted by molar-refractivity contribution is 6.35. The topological polar surface area (TPSA) is 58.9 Å². The molecule has 0 fully saturated rings. The number of carbonyl (C=O) groups excluding carboxylic acids is 1. The first-order valence-electron chi connectivity index (χ1n) is 11.4. The van der Waals surface area contributed by atoms with E-state index in [2.05, 4.69) is 32.3 Å². The van der Waals surface area contributed by atoms with Gasteiger partial charge < -0.3 is 4.74 Å². The third-order valence-electron chi connectivity index (χ3n) is 6.09. The van der Waals surface area contributed by atoms with Gasteiger partial charge in [0.25, 0.3) is 5.91 Å². The van der Waals surface area contributed by atoms with Crippen molar-refractivity contribution < 1.29 is 9.53 Å². The zero-order chi connectivity index (χ0) is 24.9. The second kappa shape index (κ2) is 8.77. The van der Waals surface area contributed by atoms with Crippen molar-refractivity contribution in [1.29, 1.82) is 0 Å². The maximum Gasteiger partial charge on any atom is 0.271 e. The van der Waals surface area contributed by atoms with E-state index >= 15 is 0 Å². The Morgan fingerprint density at radius 2 is 1.80 bits per heavy atom. The second-order valence-electron chi connectivity index (χ2n) is 9.72. The van der Waals surface area contributed by atoms with Crippen LogP contribution in [0.2, 0.25) is 10.0 Å². The molecule has 0 spiro atoms. The van der Waals surface area contributed by atoms with Gasteiger partial charge in [-0.05, 0) is 59.9 Å². The number of benzene rings is 2. The van der Waals surface area contributed by atoms with Crippen LogP contribution < -0.4 is 15.2 Å². The first-order valence-corrected chi connectivity index (χ1v) is 12.2. The lowest BCUT2D eigenvalue weighted by atomic mass is 9.83. The summed E-state index contributed by atoms with van der Waals surface area (Å²) in [4.78, 5) is 13.6. The van der Waals surface area contributed by atoms with E-state index in [9.17, 15) is 4.79 Å². The van der Waals surface area contributed by atoms with Crippen LogP contribution in [-0.4, -0.2) is 28.7 Å². The molecule has 1 amide bonds. The molecular weight excluding hydrogens is 483 g/mol. The Morgan fingerprint density at radius 3 is 2.51 bits per heavy atom. The fourth-order valence-corrected chi connectivity index (χ4v) is 5.23. The number of hydrogen-bond donors (Lipinski definition) is 1. The number of aryl methyl sites for hydroxylation is 1. The van der Waals surface area contributed by atoms with E-state index in [0.717, 1.165) is 39.3 Å². The van der Waals surface area contributed by atoms with Gasteiger partial charge in [-0.15, -0.1) is 0 Å². The molecule has 0 aliphatic carbocycles. The summed E-state index contributed by atoms with van der Waals surface area (Å²) >= 11 is 12.6. The number of ether oxygens (including phenoxy) is 1. The van der Waals surface area contributed by atoms with E-state index in [4.69, 9.17) is 33.0 Å². The third-order valence-corrected chi connectivity index (χ3v) is 6.53. The fourth-order valence-electron chi connectivity index (χ4n) is 4.71. The van der Waals surface area contributed by atoms with E-state index in [1.807, 2.05) is 52.8 Å². The Bertz CT molecular complexity index is 1440. The highest BCUT2D eigenvalue weighted by Gasteiger charge is 2.29. The van der Waals surface area contributed by atoms with Crippen molar-refractivity contribution in [2.75, 3.05) is 18.2 Å². The zero-order valence-electron chi connectivity index (χ0n) is 20.0. The summed E-state index contributed by atoms with van der Waals surface area (Å²) < 4.78 is 7.60. The highest BCUT2D eigenvalue weighted by atomic mass is 35.5. The number of nitrogens with zero attached hydrogens (tertiary/aromatic N) is 3. The van der Waals surface area contributed by atoms with Crippen molar-refractivity contribution in [1.82, 2.24) is 15.0 Å². The normalized spacial score (nSPS) is 13.5. The molecule has 180 valence electrons. The SMILES string of the molecule is Cc1cc2c(C(C)(C)C)c(C(=O)NN3CCOc4ccccc43)cnn2c1-c1cc(Cl)cc(Cl)c1. The number of halogens is 2. The van der Waals surface area contributed by atoms with Gasteiger partial charge in [-0.3, -0.25) is 15.2 Å². The van der Waals surface area contributed by atoms with Crippen LogP contribution in [0.15, 0.2) is 54.7 Å². The summed E-state index contributed by atoms with van der Waals surface area (Å²) in [7, 11) is 0. The fraction of sp³-hybridized carbons (Fsp3) is 0.259. The van der Waals surface area contributed by atoms with E-state index in [0.29, 0.717) is 28.8 Å². The molecule has 3 heterocycles. The minimum Gasteiger partial charge on any atom is -0.489 e. The minimum absolute atomic E-state index is 0.215. The molecule has 8 heteroatoms. The lowest BCUT2D eigenvalue weighted by Crippen LogP contribution is -2.47. The Labute approximate surface area is 214 Å². The summed E-state index contributed by atoms with van der Waals surface area (Å²) in [5.41, 5.74) is 8.66. The molecule has 0 saturated carbocycles. The smallest absolute Gasteiger partial charge is 0.271 e. The molecule has 1 aliphatic heterocycles. The third kappa shape index (κ3) is 4.32. The maximum atomic E-state index is 13.6. The maximum absolute atomic E-state index is 13.6. The van der Waals surface area contributed by atoms with E-state index < -0.39 is 0 Å². The van der Waals surface area contributed by atoms with Crippen LogP contribution in [0.5, 0.6) is 5.75 Å². The van der Waals surface area contributed by atoms with Crippen LogP contribution in [0, 0.1) is 6.92 Å². The number of anilines is 1. The molecule has 0 radical (unpaired) electrons. The van der Waals surface area contributed by atoms with E-state index in [1.54, 1.807) is 12.3 Å². The summed E-state index contributed by atoms with van der Waals surface area (Å²) in [5, 5.41) is 7.64. The molecular formula is C27H26Cl2N4O2. The number of fused-ring (bicyclic) bond motifs is 2. The van der Waals surface area contributed by atoms with Crippen molar-refractivity contribution in [3.05, 3.63) is 81.5 Å². The first-order chi connectivity index (χ1) is 16.6. The van der Waals surface area contributed by atoms with Gasteiger partial charge in [-0.2, -0.15) is 5.10 Å². The molecule has 5 rings (SSSR count). The molecule has 35 heavy (non-hydrogen) atoms. The van der Waals surface area contributed by atoms with Crippen LogP contribution in [-0.2, 0) is 5.41 Å². The molecule has 4 aromatic rings. The van der Waals surface area contributed by atoms with Crippen LogP contribution in [0.1, 0.15) is 42.3 Å². The Kier molecular flexibility index (Phi) is 5.90. The van der Waals surface area contributed by atoms with Gasteiger partial charge in [-0.25, -0.2) is 4.52 Å². The van der Waals surface area contributed by atoms with Gasteiger partial charge in [0.05, 0.1) is 35.2 Å². The van der Waals surface area contributed by atoms with Crippen LogP contribution >= 0.6 is 23.2 Å². The number of hydrogen-bond acceptors (Lipinski definition) is 4. The lowest BCUT2D eigenvalue weighted by molar-refractivity contribution is 0.0942. The summed E-state index contributed by atoms with van der Waals surface area (Å²) in [6.07, 6.45) is 1.64. The van der Waals surface area contributed by atoms with E-state index in [1.165, 1.54) is 0 Å². The molecule has 1 aliphatic rings. The standard InChI is InChI=1S/C27H26Cl2N4O2/c1-16-11-22-24(27(2,3)4)20(15-30-33(22)25(16)17-12-18(28)14-19(29)13-17)26(34)31-32-9-10-35-23-8-6-5-7-21(23)32/h5-8,11-15H,9-10H2,1-4H3,(H,31,34). The first kappa shape index (κ1) is 23.5. The van der Waals surface area contributed by atoms with Gasteiger partial charge >= 0.3 is 0 Å². The Balaban J connectivity index is 1.61. The molecule has 2 aromatic heterocycles. The van der Waals surface area contributed by atoms with Gasteiger partial charge in [0, 0.05) is 15.6 Å². The summed E-state index contributed by atoms with van der Waals surface area (Å²) in [5.74, 6) is 0.531. The number of para-hydroxylation sites is 2. The summed E-state index contributed by atoms with van der Waals surface area (Å²) in [6, 6.07) is 15.2. The predicted molar refractivity (Wildman–Crippen MR) is 141 cm³/mol. The van der Waals surface area contributed by atoms with Gasteiger partial charge in [-0.1, -0.05) is 56.1 Å². The Hall–Kier alpha value is -3.22. The van der Waals surface area contributed by atoms with Gasteiger partial charge in [0.2, 0.25) is 0 Å². The molecule has 0 bridgehead atoms. The zero-order valence-corrected chi connectivity index (χ0v) is 21.5. The lowest BCUT2D eigenvalue weighted by Gasteiger charge is -2.32. The largest absolute Gasteiger partial charge is 0.489 e. The van der Waals surface area contributed by atoms with Gasteiger partial charge in [0.15, 0.2) is 0 Å². The Morgan fingerprint density at radius 1 is 1.09 bits per heavy atom. The van der Waals surface area contributed by atoms with Crippen molar-refractivity contribution in [2.24, 2.45) is 0 Å². The van der Waals surface area contributed by atoms with E-state index in [-0.39, 0.29) is 11.3 Å². The summed E-state index contributed by atoms with van der Waals surface area (Å²) in [6.45, 7) is 9.36. The van der Waals surface area contributed by atoms with Crippen molar-refractivity contribution in [2.45, 2.75) is 33.1 Å². The minimum atomic E-state index is -0.326. The quantitative estimate of drug-likeness (QED) is 0.345. The highest BCUT2D eigenvalue weighted by Crippen LogP contribution is 2.37. The molecule has 1 N–H and O–H groups in total. The number of aromatic nitrogens is 2. The van der Waals surface area contributed by atoms with Crippen LogP contribution in [0.3, 0.4) is 0 Å². The van der Waals surface area contributed by atoms with Crippen LogP contribution in [0.4, 0.5) is 5.69 Å². The van der Waals surface area contributed by atoms with Gasteiger partial charge in [0.1, 0.15) is 12.4 Å². The van der Waals surface area contributed by atoms with Crippen molar-refractivity contribution in [3.63, 3.8) is 0 Å². The van der Waals surface area contributed by atoms with Crippen molar-refractivity contribution in [3.8, 4) is 17.0 Å². The molecule has 0 atom stereocenters. The molecule has 0 unspecified atom stereocenters.